The van der Waals surface area contributed by atoms with E-state index in [1.807, 2.05) is 51.2 Å². The van der Waals surface area contributed by atoms with Gasteiger partial charge in [0.1, 0.15) is 5.75 Å². The van der Waals surface area contributed by atoms with Crippen molar-refractivity contribution in [3.05, 3.63) is 36.0 Å². The van der Waals surface area contributed by atoms with Gasteiger partial charge in [-0.25, -0.2) is 0 Å². The van der Waals surface area contributed by atoms with Gasteiger partial charge in [0, 0.05) is 17.1 Å². The molecule has 1 aromatic carbocycles. The van der Waals surface area contributed by atoms with Crippen molar-refractivity contribution < 1.29 is 4.74 Å². The number of nitrogens with zero attached hydrogens (tertiary/aromatic N) is 1. The summed E-state index contributed by atoms with van der Waals surface area (Å²) in [7, 11) is 1.69. The van der Waals surface area contributed by atoms with Gasteiger partial charge in [0.05, 0.1) is 12.6 Å². The number of aryl methyl sites for hydroxylation is 1. The monoisotopic (exact) mass is 203 g/mol. The first-order valence-electron chi connectivity index (χ1n) is 5.21. The first-order valence-corrected chi connectivity index (χ1v) is 5.21. The lowest BCUT2D eigenvalue weighted by Crippen LogP contribution is -1.90. The van der Waals surface area contributed by atoms with E-state index in [9.17, 15) is 0 Å². The summed E-state index contributed by atoms with van der Waals surface area (Å²) in [4.78, 5) is 4.31. The molecule has 2 nitrogen and oxygen atoms in total. The van der Waals surface area contributed by atoms with E-state index in [4.69, 9.17) is 4.74 Å². The zero-order valence-corrected chi connectivity index (χ0v) is 9.74. The van der Waals surface area contributed by atoms with Crippen molar-refractivity contribution >= 4 is 10.9 Å². The van der Waals surface area contributed by atoms with Crippen LogP contribution in [0, 0.1) is 6.92 Å². The van der Waals surface area contributed by atoms with Gasteiger partial charge in [-0.1, -0.05) is 26.0 Å². The van der Waals surface area contributed by atoms with Gasteiger partial charge < -0.3 is 4.74 Å². The number of methoxy groups -OCH3 is 1. The number of benzene rings is 1. The molecule has 0 N–H and O–H groups in total. The molecule has 0 spiro atoms. The van der Waals surface area contributed by atoms with Gasteiger partial charge in [-0.3, -0.25) is 4.98 Å². The van der Waals surface area contributed by atoms with Gasteiger partial charge in [0.2, 0.25) is 0 Å². The third kappa shape index (κ3) is 2.27. The summed E-state index contributed by atoms with van der Waals surface area (Å²) in [5, 5.41) is 1.07. The minimum absolute atomic E-state index is 0.922. The van der Waals surface area contributed by atoms with E-state index in [-0.39, 0.29) is 0 Å². The molecular weight excluding hydrogens is 186 g/mol. The molecule has 0 saturated carbocycles. The average molecular weight is 203 g/mol. The summed E-state index contributed by atoms with van der Waals surface area (Å²) in [6, 6.07) is 7.97. The molecule has 0 bridgehead atoms. The third-order valence-corrected chi connectivity index (χ3v) is 2.11. The van der Waals surface area contributed by atoms with E-state index in [0.717, 1.165) is 22.2 Å². The Bertz CT molecular complexity index is 437. The molecule has 0 fully saturated rings. The molecule has 0 aliphatic carbocycles. The van der Waals surface area contributed by atoms with Crippen LogP contribution in [0.1, 0.15) is 19.4 Å². The van der Waals surface area contributed by atoms with Crippen molar-refractivity contribution in [3.8, 4) is 5.75 Å². The van der Waals surface area contributed by atoms with Crippen molar-refractivity contribution in [2.24, 2.45) is 0 Å². The maximum Gasteiger partial charge on any atom is 0.132 e. The zero-order chi connectivity index (χ0) is 11.3. The Kier molecular flexibility index (Phi) is 4.10. The number of para-hydroxylation sites is 1. The molecule has 0 saturated heterocycles. The van der Waals surface area contributed by atoms with Crippen molar-refractivity contribution in [1.82, 2.24) is 4.98 Å². The lowest BCUT2D eigenvalue weighted by atomic mass is 10.1. The van der Waals surface area contributed by atoms with Crippen molar-refractivity contribution in [2.45, 2.75) is 20.8 Å². The molecule has 2 heteroatoms. The Morgan fingerprint density at radius 3 is 2.47 bits per heavy atom. The summed E-state index contributed by atoms with van der Waals surface area (Å²) in [5.74, 6) is 0.922. The first kappa shape index (κ1) is 11.5. The van der Waals surface area contributed by atoms with Gasteiger partial charge in [0.15, 0.2) is 0 Å². The molecule has 0 unspecified atom stereocenters. The fourth-order valence-corrected chi connectivity index (χ4v) is 1.49. The lowest BCUT2D eigenvalue weighted by molar-refractivity contribution is 0.416. The molecule has 15 heavy (non-hydrogen) atoms. The van der Waals surface area contributed by atoms with Crippen molar-refractivity contribution in [1.29, 1.82) is 0 Å². The molecule has 0 atom stereocenters. The number of pyridine rings is 1. The quantitative estimate of drug-likeness (QED) is 0.706. The Balaban J connectivity index is 0.000000531. The topological polar surface area (TPSA) is 22.1 Å². The molecule has 0 radical (unpaired) electrons. The highest BCUT2D eigenvalue weighted by molar-refractivity contribution is 5.85. The van der Waals surface area contributed by atoms with E-state index in [1.165, 1.54) is 0 Å². The van der Waals surface area contributed by atoms with Gasteiger partial charge >= 0.3 is 0 Å². The second-order valence-electron chi connectivity index (χ2n) is 2.99. The highest BCUT2D eigenvalue weighted by Gasteiger charge is 2.03. The molecule has 2 aromatic rings. The van der Waals surface area contributed by atoms with E-state index in [2.05, 4.69) is 4.98 Å². The second kappa shape index (κ2) is 5.35. The van der Waals surface area contributed by atoms with Crippen LogP contribution in [0.2, 0.25) is 0 Å². The molecule has 1 aromatic heterocycles. The maximum atomic E-state index is 5.32. The molecule has 80 valence electrons. The van der Waals surface area contributed by atoms with Crippen molar-refractivity contribution in [2.75, 3.05) is 7.11 Å². The average Bonchev–Trinajstić information content (AvgIpc) is 2.32. The largest absolute Gasteiger partial charge is 0.496 e. The molecule has 0 aliphatic rings. The van der Waals surface area contributed by atoms with E-state index >= 15 is 0 Å². The fourth-order valence-electron chi connectivity index (χ4n) is 1.49. The first-order chi connectivity index (χ1) is 7.33. The molecule has 0 amide bonds. The Hall–Kier alpha value is -1.57. The molecule has 2 rings (SSSR count). The van der Waals surface area contributed by atoms with Crippen LogP contribution in [0.3, 0.4) is 0 Å². The van der Waals surface area contributed by atoms with E-state index in [1.54, 1.807) is 7.11 Å². The summed E-state index contributed by atoms with van der Waals surface area (Å²) < 4.78 is 5.32. The highest BCUT2D eigenvalue weighted by Crippen LogP contribution is 2.26. The van der Waals surface area contributed by atoms with Gasteiger partial charge in [0.25, 0.3) is 0 Å². The predicted octanol–water partition coefficient (Wildman–Crippen LogP) is 3.58. The van der Waals surface area contributed by atoms with Gasteiger partial charge in [-0.15, -0.1) is 0 Å². The number of fused-ring (bicyclic) bond motifs is 1. The smallest absolute Gasteiger partial charge is 0.132 e. The minimum atomic E-state index is 0.922. The van der Waals surface area contributed by atoms with Crippen LogP contribution in [-0.4, -0.2) is 12.1 Å². The number of aromatic nitrogens is 1. The highest BCUT2D eigenvalue weighted by atomic mass is 16.5. The van der Waals surface area contributed by atoms with E-state index < -0.39 is 0 Å². The third-order valence-electron chi connectivity index (χ3n) is 2.11. The molecule has 0 aliphatic heterocycles. The summed E-state index contributed by atoms with van der Waals surface area (Å²) in [5.41, 5.74) is 2.05. The van der Waals surface area contributed by atoms with Crippen LogP contribution in [-0.2, 0) is 0 Å². The van der Waals surface area contributed by atoms with E-state index in [0.29, 0.717) is 0 Å². The second-order valence-corrected chi connectivity index (χ2v) is 2.99. The normalized spacial score (nSPS) is 9.33. The SMILES string of the molecule is CC.COc1c(C)cnc2ccccc12. The number of ether oxygens (including phenoxy) is 1. The number of hydrogen-bond donors (Lipinski definition) is 0. The summed E-state index contributed by atoms with van der Waals surface area (Å²) in [6.07, 6.45) is 1.83. The van der Waals surface area contributed by atoms with Gasteiger partial charge in [-0.2, -0.15) is 0 Å². The Morgan fingerprint density at radius 2 is 1.80 bits per heavy atom. The van der Waals surface area contributed by atoms with Crippen LogP contribution in [0.4, 0.5) is 0 Å². The van der Waals surface area contributed by atoms with Crippen LogP contribution >= 0.6 is 0 Å². The van der Waals surface area contributed by atoms with Crippen LogP contribution in [0.25, 0.3) is 10.9 Å². The van der Waals surface area contributed by atoms with Crippen LogP contribution in [0.15, 0.2) is 30.5 Å². The summed E-state index contributed by atoms with van der Waals surface area (Å²) >= 11 is 0. The molecular formula is C13H17NO. The Morgan fingerprint density at radius 1 is 1.13 bits per heavy atom. The number of hydrogen-bond acceptors (Lipinski definition) is 2. The standard InChI is InChI=1S/C11H11NO.C2H6/c1-8-7-12-10-6-4-3-5-9(10)11(8)13-2;1-2/h3-7H,1-2H3;1-2H3. The predicted molar refractivity (Wildman–Crippen MR) is 64.4 cm³/mol. The molecule has 1 heterocycles. The minimum Gasteiger partial charge on any atom is -0.496 e. The van der Waals surface area contributed by atoms with Crippen LogP contribution < -0.4 is 4.74 Å². The van der Waals surface area contributed by atoms with Crippen molar-refractivity contribution in [3.63, 3.8) is 0 Å². The maximum absolute atomic E-state index is 5.32. The fraction of sp³-hybridized carbons (Fsp3) is 0.308. The zero-order valence-electron chi connectivity index (χ0n) is 9.74. The summed E-state index contributed by atoms with van der Waals surface area (Å²) in [6.45, 7) is 6.00. The lowest BCUT2D eigenvalue weighted by Gasteiger charge is -2.07. The van der Waals surface area contributed by atoms with Crippen LogP contribution in [0.5, 0.6) is 5.75 Å². The number of rotatable bonds is 1. The Labute approximate surface area is 90.9 Å². The van der Waals surface area contributed by atoms with Gasteiger partial charge in [-0.05, 0) is 19.1 Å².